The van der Waals surface area contributed by atoms with Crippen LogP contribution < -0.4 is 0 Å². The van der Waals surface area contributed by atoms with Crippen LogP contribution in [0, 0.1) is 28.6 Å². The van der Waals surface area contributed by atoms with Gasteiger partial charge in [0.25, 0.3) is 0 Å². The van der Waals surface area contributed by atoms with Crippen molar-refractivity contribution in [2.24, 2.45) is 28.6 Å². The van der Waals surface area contributed by atoms with E-state index in [2.05, 4.69) is 6.92 Å². The summed E-state index contributed by atoms with van der Waals surface area (Å²) in [6.07, 6.45) is 8.47. The molecule has 0 spiro atoms. The highest BCUT2D eigenvalue weighted by molar-refractivity contribution is 5.85. The minimum atomic E-state index is -1.24. The van der Waals surface area contributed by atoms with E-state index in [4.69, 9.17) is 14.2 Å². The minimum Gasteiger partial charge on any atom is -0.458 e. The first-order valence-electron chi connectivity index (χ1n) is 16.8. The smallest absolute Gasteiger partial charge is 0.331 e. The van der Waals surface area contributed by atoms with Crippen LogP contribution in [-0.4, -0.2) is 87.0 Å². The second-order valence-electron chi connectivity index (χ2n) is 15.1. The number of fused-ring (bicyclic) bond motifs is 5. The fraction of sp³-hybridized carbons (Fsp3) is 0.853. The second-order valence-corrected chi connectivity index (χ2v) is 15.1. The first-order valence-corrected chi connectivity index (χ1v) is 16.8. The first kappa shape index (κ1) is 32.3. The van der Waals surface area contributed by atoms with Gasteiger partial charge in [-0.2, -0.15) is 0 Å². The van der Waals surface area contributed by atoms with E-state index in [0.29, 0.717) is 50.9 Å². The lowest BCUT2D eigenvalue weighted by atomic mass is 9.41. The van der Waals surface area contributed by atoms with Crippen LogP contribution in [0.25, 0.3) is 0 Å². The zero-order valence-electron chi connectivity index (χ0n) is 26.1. The molecule has 10 heteroatoms. The number of carbonyl (C=O) groups excluding carboxylic acids is 3. The molecule has 10 nitrogen and oxygen atoms in total. The number of hydrogen-bond donors (Lipinski definition) is 4. The number of rotatable bonds is 4. The third-order valence-corrected chi connectivity index (χ3v) is 13.0. The van der Waals surface area contributed by atoms with Crippen LogP contribution in [0.3, 0.4) is 0 Å². The minimum absolute atomic E-state index is 0.0729. The Balaban J connectivity index is 0.000000513. The Morgan fingerprint density at radius 3 is 2.32 bits per heavy atom. The van der Waals surface area contributed by atoms with E-state index in [1.54, 1.807) is 13.0 Å². The standard InChI is InChI=1S/C29H42O9.C5H8O/c1-16-25(33)22(31)12-24(37-16)38-18-3-8-27(15-30)20-4-7-26(2)19(17-11-23(32)36-14-17)6-10-29(26,35)21(20)5-9-28(27,34)13-18;6-5-3-1-2-4-5/h11,15-16,18-22,24-25,31,33-35H,3-10,12-14H2,1-2H3;1-4H2/t16-,18+,19-,20+,21-,22+,24+,25-,26-,27+,28+,29+;/m1./s1. The highest BCUT2D eigenvalue weighted by atomic mass is 16.7. The molecule has 2 aliphatic heterocycles. The Labute approximate surface area is 259 Å². The molecule has 5 aliphatic carbocycles. The van der Waals surface area contributed by atoms with Gasteiger partial charge in [0.1, 0.15) is 24.8 Å². The first-order chi connectivity index (χ1) is 20.9. The molecule has 0 bridgehead atoms. The van der Waals surface area contributed by atoms with Crippen LogP contribution in [0.2, 0.25) is 0 Å². The Hall–Kier alpha value is -1.69. The summed E-state index contributed by atoms with van der Waals surface area (Å²) in [7, 11) is 0. The lowest BCUT2D eigenvalue weighted by molar-refractivity contribution is -0.286. The summed E-state index contributed by atoms with van der Waals surface area (Å²) in [5, 5.41) is 44.6. The van der Waals surface area contributed by atoms with E-state index in [-0.39, 0.29) is 36.2 Å². The zero-order valence-corrected chi connectivity index (χ0v) is 26.1. The van der Waals surface area contributed by atoms with Crippen LogP contribution in [0.15, 0.2) is 11.6 Å². The van der Waals surface area contributed by atoms with Crippen LogP contribution in [0.4, 0.5) is 0 Å². The summed E-state index contributed by atoms with van der Waals surface area (Å²) in [5.41, 5.74) is -2.60. The Bertz CT molecular complexity index is 1150. The summed E-state index contributed by atoms with van der Waals surface area (Å²) >= 11 is 0. The van der Waals surface area contributed by atoms with E-state index in [9.17, 15) is 34.8 Å². The van der Waals surface area contributed by atoms with Gasteiger partial charge < -0.3 is 39.4 Å². The second kappa shape index (κ2) is 11.8. The maximum atomic E-state index is 12.9. The molecule has 0 amide bonds. The summed E-state index contributed by atoms with van der Waals surface area (Å²) in [5.74, 6) is -0.0197. The topological polar surface area (TPSA) is 160 Å². The molecule has 2 heterocycles. The van der Waals surface area contributed by atoms with Crippen molar-refractivity contribution in [3.8, 4) is 0 Å². The van der Waals surface area contributed by atoms with Gasteiger partial charge in [0.2, 0.25) is 0 Å². The monoisotopic (exact) mass is 618 g/mol. The predicted octanol–water partition coefficient (Wildman–Crippen LogP) is 2.91. The molecular weight excluding hydrogens is 568 g/mol. The predicted molar refractivity (Wildman–Crippen MR) is 157 cm³/mol. The van der Waals surface area contributed by atoms with Gasteiger partial charge >= 0.3 is 5.97 Å². The van der Waals surface area contributed by atoms with Gasteiger partial charge in [-0.1, -0.05) is 6.92 Å². The molecule has 44 heavy (non-hydrogen) atoms. The maximum Gasteiger partial charge on any atom is 0.331 e. The molecular formula is C34H50O10. The quantitative estimate of drug-likeness (QED) is 0.210. The number of ether oxygens (including phenoxy) is 3. The van der Waals surface area contributed by atoms with Crippen LogP contribution in [-0.2, 0) is 28.6 Å². The highest BCUT2D eigenvalue weighted by Crippen LogP contribution is 2.70. The largest absolute Gasteiger partial charge is 0.458 e. The molecule has 7 aliphatic rings. The molecule has 0 aromatic heterocycles. The van der Waals surface area contributed by atoms with Crippen molar-refractivity contribution in [1.29, 1.82) is 0 Å². The van der Waals surface area contributed by atoms with Crippen molar-refractivity contribution in [2.45, 2.75) is 146 Å². The van der Waals surface area contributed by atoms with Crippen molar-refractivity contribution in [3.63, 3.8) is 0 Å². The Morgan fingerprint density at radius 1 is 0.977 bits per heavy atom. The number of cyclic esters (lactones) is 1. The number of ketones is 1. The molecule has 0 radical (unpaired) electrons. The van der Waals surface area contributed by atoms with E-state index < -0.39 is 46.6 Å². The van der Waals surface area contributed by atoms with Crippen LogP contribution >= 0.6 is 0 Å². The number of hydrogen-bond acceptors (Lipinski definition) is 10. The molecule has 7 rings (SSSR count). The van der Waals surface area contributed by atoms with Gasteiger partial charge in [0.05, 0.1) is 34.9 Å². The fourth-order valence-electron chi connectivity index (χ4n) is 10.5. The van der Waals surface area contributed by atoms with Gasteiger partial charge in [0, 0.05) is 37.2 Å². The molecule has 4 N–H and O–H groups in total. The van der Waals surface area contributed by atoms with E-state index >= 15 is 0 Å². The third-order valence-electron chi connectivity index (χ3n) is 13.0. The van der Waals surface area contributed by atoms with Crippen molar-refractivity contribution in [2.75, 3.05) is 6.61 Å². The number of carbonyl (C=O) groups is 3. The van der Waals surface area contributed by atoms with Gasteiger partial charge in [-0.3, -0.25) is 4.79 Å². The normalized spacial score (nSPS) is 50.0. The molecule has 246 valence electrons. The van der Waals surface area contributed by atoms with Crippen molar-refractivity contribution in [3.05, 3.63) is 11.6 Å². The van der Waals surface area contributed by atoms with Crippen molar-refractivity contribution in [1.82, 2.24) is 0 Å². The summed E-state index contributed by atoms with van der Waals surface area (Å²) in [4.78, 5) is 35.0. The lowest BCUT2D eigenvalue weighted by Crippen LogP contribution is -2.69. The fourth-order valence-corrected chi connectivity index (χ4v) is 10.5. The Morgan fingerprint density at radius 2 is 1.70 bits per heavy atom. The van der Waals surface area contributed by atoms with Crippen LogP contribution in [0.5, 0.6) is 0 Å². The van der Waals surface area contributed by atoms with Crippen molar-refractivity contribution < 1.29 is 49.0 Å². The number of aliphatic hydroxyl groups excluding tert-OH is 2. The van der Waals surface area contributed by atoms with E-state index in [1.807, 2.05) is 0 Å². The number of esters is 1. The molecule has 6 fully saturated rings. The SMILES string of the molecule is C[C@H]1O[C@@H](O[C@H]2CC[C@]3(C=O)[C@H]4CC[C@]5(C)[C@@H](C6=CC(=O)OC6)CC[C@]5(O)[C@@H]4CC[C@]3(O)C2)C[C@H](O)[C@@H]1O.O=C1CCCC1. The average Bonchev–Trinajstić information content (AvgIpc) is 3.70. The van der Waals surface area contributed by atoms with Gasteiger partial charge in [-0.25, -0.2) is 4.79 Å². The average molecular weight is 619 g/mol. The Kier molecular flexibility index (Phi) is 8.68. The summed E-state index contributed by atoms with van der Waals surface area (Å²) in [6.45, 7) is 4.13. The van der Waals surface area contributed by atoms with E-state index in [1.165, 1.54) is 0 Å². The molecule has 12 atom stereocenters. The summed E-state index contributed by atoms with van der Waals surface area (Å²) < 4.78 is 17.1. The molecule has 1 saturated heterocycles. The highest BCUT2D eigenvalue weighted by Gasteiger charge is 2.71. The molecule has 0 aromatic carbocycles. The molecule has 5 saturated carbocycles. The lowest BCUT2D eigenvalue weighted by Gasteiger charge is -2.65. The number of Topliss-reactive ketones (excluding diaryl/α,β-unsaturated/α-hetero) is 1. The number of aliphatic hydroxyl groups is 4. The molecule has 0 aromatic rings. The summed E-state index contributed by atoms with van der Waals surface area (Å²) in [6, 6.07) is 0. The number of aldehydes is 1. The van der Waals surface area contributed by atoms with Crippen molar-refractivity contribution >= 4 is 18.0 Å². The van der Waals surface area contributed by atoms with Gasteiger partial charge in [-0.05, 0) is 94.5 Å². The molecule has 0 unspecified atom stereocenters. The van der Waals surface area contributed by atoms with Crippen LogP contribution in [0.1, 0.15) is 104 Å². The third kappa shape index (κ3) is 5.12. The van der Waals surface area contributed by atoms with Gasteiger partial charge in [-0.15, -0.1) is 0 Å². The maximum absolute atomic E-state index is 12.9. The van der Waals surface area contributed by atoms with E-state index in [0.717, 1.165) is 56.8 Å². The zero-order chi connectivity index (χ0) is 31.5. The van der Waals surface area contributed by atoms with Gasteiger partial charge in [0.15, 0.2) is 6.29 Å².